The van der Waals surface area contributed by atoms with E-state index in [2.05, 4.69) is 33.7 Å². The number of carbonyl (C=O) groups is 2. The lowest BCUT2D eigenvalue weighted by molar-refractivity contribution is -0.125. The molecule has 9 nitrogen and oxygen atoms in total. The average molecular weight is 421 g/mol. The fourth-order valence-electron chi connectivity index (χ4n) is 3.15. The van der Waals surface area contributed by atoms with Crippen molar-refractivity contribution < 1.29 is 19.1 Å². The van der Waals surface area contributed by atoms with Gasteiger partial charge in [-0.1, -0.05) is 12.5 Å². The number of ether oxygens (including phenoxy) is 2. The summed E-state index contributed by atoms with van der Waals surface area (Å²) >= 11 is 0. The summed E-state index contributed by atoms with van der Waals surface area (Å²) in [6.07, 6.45) is 3.48. The molecule has 0 spiro atoms. The molecule has 3 rings (SSSR count). The highest BCUT2D eigenvalue weighted by Crippen LogP contribution is 2.22. The highest BCUT2D eigenvalue weighted by molar-refractivity contribution is 5.93. The van der Waals surface area contributed by atoms with Gasteiger partial charge in [-0.3, -0.25) is 9.59 Å². The van der Waals surface area contributed by atoms with Gasteiger partial charge in [-0.05, 0) is 30.6 Å². The number of amides is 2. The van der Waals surface area contributed by atoms with Gasteiger partial charge in [0.2, 0.25) is 5.91 Å². The van der Waals surface area contributed by atoms with Crippen LogP contribution in [0, 0.1) is 11.8 Å². The molecule has 3 N–H and O–H groups in total. The maximum atomic E-state index is 11.8. The van der Waals surface area contributed by atoms with Gasteiger partial charge < -0.3 is 25.4 Å². The van der Waals surface area contributed by atoms with E-state index in [0.717, 1.165) is 6.42 Å². The third kappa shape index (κ3) is 5.30. The van der Waals surface area contributed by atoms with Crippen LogP contribution in [0.15, 0.2) is 37.1 Å². The summed E-state index contributed by atoms with van der Waals surface area (Å²) in [5.74, 6) is 6.57. The van der Waals surface area contributed by atoms with Crippen molar-refractivity contribution in [3.05, 3.63) is 54.0 Å². The Kier molecular flexibility index (Phi) is 6.72. The van der Waals surface area contributed by atoms with E-state index in [-0.39, 0.29) is 23.3 Å². The summed E-state index contributed by atoms with van der Waals surface area (Å²) in [6.45, 7) is 4.66. The predicted molar refractivity (Wildman–Crippen MR) is 115 cm³/mol. The molecular weight excluding hydrogens is 398 g/mol. The van der Waals surface area contributed by atoms with E-state index in [4.69, 9.17) is 15.2 Å². The lowest BCUT2D eigenvalue weighted by Gasteiger charge is -2.15. The molecule has 160 valence electrons. The van der Waals surface area contributed by atoms with Crippen molar-refractivity contribution in [2.45, 2.75) is 12.5 Å². The zero-order chi connectivity index (χ0) is 22.4. The predicted octanol–water partition coefficient (Wildman–Crippen LogP) is 1.19. The number of carbonyl (C=O) groups excluding carboxylic acids is 2. The minimum atomic E-state index is -0.727. The Balaban J connectivity index is 1.86. The van der Waals surface area contributed by atoms with Crippen LogP contribution in [0.3, 0.4) is 0 Å². The van der Waals surface area contributed by atoms with Crippen LogP contribution in [0.25, 0.3) is 0 Å². The Labute approximate surface area is 180 Å². The average Bonchev–Trinajstić information content (AvgIpc) is 3.25. The van der Waals surface area contributed by atoms with E-state index in [1.54, 1.807) is 37.3 Å². The van der Waals surface area contributed by atoms with Crippen molar-refractivity contribution >= 4 is 17.6 Å². The molecule has 2 amide bonds. The molecule has 1 aliphatic heterocycles. The zero-order valence-corrected chi connectivity index (χ0v) is 17.3. The van der Waals surface area contributed by atoms with E-state index in [1.165, 1.54) is 12.3 Å². The normalized spacial score (nSPS) is 14.9. The second kappa shape index (κ2) is 9.63. The highest BCUT2D eigenvalue weighted by atomic mass is 16.5. The molecule has 2 aromatic rings. The van der Waals surface area contributed by atoms with Crippen molar-refractivity contribution in [1.82, 2.24) is 14.9 Å². The van der Waals surface area contributed by atoms with Crippen LogP contribution in [0.4, 0.5) is 5.82 Å². The van der Waals surface area contributed by atoms with E-state index >= 15 is 0 Å². The summed E-state index contributed by atoms with van der Waals surface area (Å²) in [5, 5.41) is 3.23. The van der Waals surface area contributed by atoms with Crippen LogP contribution in [0.1, 0.15) is 28.2 Å². The Hall–Kier alpha value is -4.06. The third-order valence-corrected chi connectivity index (χ3v) is 4.71. The third-order valence-electron chi connectivity index (χ3n) is 4.71. The van der Waals surface area contributed by atoms with Gasteiger partial charge >= 0.3 is 0 Å². The van der Waals surface area contributed by atoms with Crippen LogP contribution in [0.5, 0.6) is 11.5 Å². The van der Waals surface area contributed by atoms with Crippen molar-refractivity contribution in [2.24, 2.45) is 5.73 Å². The van der Waals surface area contributed by atoms with Gasteiger partial charge in [0.05, 0.1) is 20.4 Å². The molecule has 0 saturated carbocycles. The number of nitrogens with zero attached hydrogens (tertiary/aromatic N) is 3. The topological polar surface area (TPSA) is 120 Å². The first-order valence-electron chi connectivity index (χ1n) is 9.53. The molecule has 31 heavy (non-hydrogen) atoms. The van der Waals surface area contributed by atoms with Gasteiger partial charge in [-0.15, -0.1) is 0 Å². The lowest BCUT2D eigenvalue weighted by Crippen LogP contribution is -2.30. The van der Waals surface area contributed by atoms with Crippen molar-refractivity contribution in [3.63, 3.8) is 0 Å². The van der Waals surface area contributed by atoms with Gasteiger partial charge in [0.15, 0.2) is 5.69 Å². The van der Waals surface area contributed by atoms with Crippen LogP contribution in [-0.4, -0.2) is 60.0 Å². The molecule has 1 atom stereocenters. The molecule has 1 unspecified atom stereocenters. The van der Waals surface area contributed by atoms with Crippen LogP contribution < -0.4 is 20.5 Å². The standard InChI is InChI=1S/C22H23N5O4/c1-4-20(28)27-8-7-15(13-27)25-19-12-24-21(22(23)29)18(26-19)6-5-14-9-16(30-2)11-17(10-14)31-3/h4,9-12,15H,1,7-8,13H2,2-3H3,(H2,23,29)(H,25,26). The molecule has 1 aromatic heterocycles. The Morgan fingerprint density at radius 3 is 2.58 bits per heavy atom. The maximum Gasteiger partial charge on any atom is 0.270 e. The first kappa shape index (κ1) is 21.6. The SMILES string of the molecule is C=CC(=O)N1CCC(Nc2cnc(C(N)=O)c(C#Cc3cc(OC)cc(OC)c3)n2)C1. The Morgan fingerprint density at radius 1 is 1.26 bits per heavy atom. The number of rotatable bonds is 6. The quantitative estimate of drug-likeness (QED) is 0.531. The number of likely N-dealkylation sites (tertiary alicyclic amines) is 1. The van der Waals surface area contributed by atoms with Gasteiger partial charge in [0.1, 0.15) is 23.0 Å². The number of nitrogens with one attached hydrogen (secondary N) is 1. The first-order valence-corrected chi connectivity index (χ1v) is 9.53. The van der Waals surface area contributed by atoms with Gasteiger partial charge in [-0.2, -0.15) is 0 Å². The number of hydrogen-bond acceptors (Lipinski definition) is 7. The maximum absolute atomic E-state index is 11.8. The first-order chi connectivity index (χ1) is 14.9. The highest BCUT2D eigenvalue weighted by Gasteiger charge is 2.25. The smallest absolute Gasteiger partial charge is 0.270 e. The number of primary amides is 1. The van der Waals surface area contributed by atoms with Crippen LogP contribution >= 0.6 is 0 Å². The molecule has 0 aliphatic carbocycles. The number of nitrogens with two attached hydrogens (primary N) is 1. The molecule has 0 bridgehead atoms. The molecule has 0 radical (unpaired) electrons. The van der Waals surface area contributed by atoms with E-state index in [1.807, 2.05) is 0 Å². The molecule has 1 aromatic carbocycles. The number of benzene rings is 1. The fraction of sp³-hybridized carbons (Fsp3) is 0.273. The Morgan fingerprint density at radius 2 is 1.97 bits per heavy atom. The summed E-state index contributed by atoms with van der Waals surface area (Å²) in [6, 6.07) is 5.20. The summed E-state index contributed by atoms with van der Waals surface area (Å²) in [7, 11) is 3.09. The van der Waals surface area contributed by atoms with E-state index < -0.39 is 5.91 Å². The zero-order valence-electron chi connectivity index (χ0n) is 17.3. The number of methoxy groups -OCH3 is 2. The number of aromatic nitrogens is 2. The van der Waals surface area contributed by atoms with Gasteiger partial charge in [-0.25, -0.2) is 9.97 Å². The van der Waals surface area contributed by atoms with E-state index in [0.29, 0.717) is 36.0 Å². The second-order valence-electron chi connectivity index (χ2n) is 6.79. The molecule has 1 fully saturated rings. The van der Waals surface area contributed by atoms with Crippen molar-refractivity contribution in [1.29, 1.82) is 0 Å². The largest absolute Gasteiger partial charge is 0.497 e. The minimum Gasteiger partial charge on any atom is -0.497 e. The van der Waals surface area contributed by atoms with Crippen LogP contribution in [0.2, 0.25) is 0 Å². The molecule has 9 heteroatoms. The van der Waals surface area contributed by atoms with E-state index in [9.17, 15) is 9.59 Å². The number of hydrogen-bond donors (Lipinski definition) is 2. The molecule has 1 aliphatic rings. The number of anilines is 1. The van der Waals surface area contributed by atoms with Gasteiger partial charge in [0.25, 0.3) is 5.91 Å². The van der Waals surface area contributed by atoms with Crippen molar-refractivity contribution in [2.75, 3.05) is 32.6 Å². The fourth-order valence-corrected chi connectivity index (χ4v) is 3.15. The summed E-state index contributed by atoms with van der Waals surface area (Å²) in [5.41, 5.74) is 6.17. The van der Waals surface area contributed by atoms with Crippen molar-refractivity contribution in [3.8, 4) is 23.3 Å². The molecular formula is C22H23N5O4. The minimum absolute atomic E-state index is 0.00100. The Bertz CT molecular complexity index is 1050. The summed E-state index contributed by atoms with van der Waals surface area (Å²) in [4.78, 5) is 33.8. The van der Waals surface area contributed by atoms with Crippen LogP contribution in [-0.2, 0) is 4.79 Å². The summed E-state index contributed by atoms with van der Waals surface area (Å²) < 4.78 is 10.5. The second-order valence-corrected chi connectivity index (χ2v) is 6.79. The monoisotopic (exact) mass is 421 g/mol. The molecule has 2 heterocycles. The van der Waals surface area contributed by atoms with Gasteiger partial charge in [0, 0.05) is 30.8 Å². The molecule has 1 saturated heterocycles. The lowest BCUT2D eigenvalue weighted by atomic mass is 10.2.